The normalized spacial score (nSPS) is 20.2. The second-order valence-corrected chi connectivity index (χ2v) is 8.21. The first kappa shape index (κ1) is 26.5. The van der Waals surface area contributed by atoms with Gasteiger partial charge >= 0.3 is 0 Å². The summed E-state index contributed by atoms with van der Waals surface area (Å²) in [6.45, 7) is 8.67. The number of aryl methyl sites for hydroxylation is 1. The number of halogens is 1. The number of hydrogen-bond acceptors (Lipinski definition) is 6. The van der Waals surface area contributed by atoms with Crippen LogP contribution in [0, 0.1) is 12.7 Å². The number of carbonyl (C=O) groups is 2. The highest BCUT2D eigenvalue weighted by Gasteiger charge is 2.50. The largest absolute Gasteiger partial charge is 0.385 e. The summed E-state index contributed by atoms with van der Waals surface area (Å²) in [5.41, 5.74) is 0.222. The molecule has 2 saturated heterocycles. The van der Waals surface area contributed by atoms with Gasteiger partial charge in [-0.05, 0) is 50.9 Å². The number of allylic oxidation sites excluding steroid dienone is 1. The molecule has 2 aliphatic rings. The minimum absolute atomic E-state index is 0.0317. The highest BCUT2D eigenvalue weighted by molar-refractivity contribution is 6.46. The van der Waals surface area contributed by atoms with E-state index in [0.29, 0.717) is 6.41 Å². The Morgan fingerprint density at radius 2 is 2.06 bits per heavy atom. The van der Waals surface area contributed by atoms with E-state index in [1.165, 1.54) is 18.0 Å². The number of benzene rings is 1. The first-order chi connectivity index (χ1) is 15.8. The van der Waals surface area contributed by atoms with Crippen LogP contribution in [-0.4, -0.2) is 71.4 Å². The predicted molar refractivity (Wildman–Crippen MR) is 128 cm³/mol. The Labute approximate surface area is 195 Å². The quantitative estimate of drug-likeness (QED) is 0.330. The topological polar surface area (TPSA) is 97.3 Å². The molecule has 9 heteroatoms. The number of nitrogens with one attached hydrogen (secondary N) is 2. The van der Waals surface area contributed by atoms with Crippen molar-refractivity contribution < 1.29 is 19.1 Å². The van der Waals surface area contributed by atoms with Crippen LogP contribution in [0.15, 0.2) is 35.1 Å². The fraction of sp³-hybridized carbons (Fsp3) is 0.542. The number of β-amino-alcohol motifs (C(OH)–C–C–N with tert-alkyl or cyclic N) is 1. The molecule has 33 heavy (non-hydrogen) atoms. The van der Waals surface area contributed by atoms with Crippen molar-refractivity contribution in [1.82, 2.24) is 15.2 Å². The Morgan fingerprint density at radius 1 is 1.36 bits per heavy atom. The number of rotatable bonds is 7. The van der Waals surface area contributed by atoms with Crippen LogP contribution in [0.25, 0.3) is 0 Å². The number of hydrogen-bond donors (Lipinski definition) is 3. The molecule has 2 aliphatic heterocycles. The summed E-state index contributed by atoms with van der Waals surface area (Å²) in [7, 11) is 1.42. The number of hydrazone groups is 1. The Morgan fingerprint density at radius 3 is 2.61 bits per heavy atom. The fourth-order valence-electron chi connectivity index (χ4n) is 3.97. The molecule has 1 aromatic carbocycles. The van der Waals surface area contributed by atoms with Gasteiger partial charge < -0.3 is 20.6 Å². The van der Waals surface area contributed by atoms with Crippen molar-refractivity contribution in [1.29, 1.82) is 0 Å². The van der Waals surface area contributed by atoms with Crippen molar-refractivity contribution in [3.8, 4) is 0 Å². The first-order valence-corrected chi connectivity index (χ1v) is 11.5. The third-order valence-electron chi connectivity index (χ3n) is 5.73. The van der Waals surface area contributed by atoms with Gasteiger partial charge in [0, 0.05) is 13.1 Å². The molecule has 1 aromatic rings. The summed E-state index contributed by atoms with van der Waals surface area (Å²) in [5.74, 6) is -0.904. The summed E-state index contributed by atoms with van der Waals surface area (Å²) >= 11 is 0. The maximum atomic E-state index is 14.4. The molecule has 2 amide bonds. The van der Waals surface area contributed by atoms with Gasteiger partial charge in [0.25, 0.3) is 5.91 Å². The zero-order chi connectivity index (χ0) is 24.6. The smallest absolute Gasteiger partial charge is 0.276 e. The van der Waals surface area contributed by atoms with Gasteiger partial charge in [-0.1, -0.05) is 32.4 Å². The lowest BCUT2D eigenvalue weighted by Gasteiger charge is -2.51. The Balaban J connectivity index is 0.00000187. The highest BCUT2D eigenvalue weighted by Crippen LogP contribution is 2.30. The van der Waals surface area contributed by atoms with Gasteiger partial charge in [0.1, 0.15) is 11.4 Å². The van der Waals surface area contributed by atoms with Crippen LogP contribution >= 0.6 is 0 Å². The van der Waals surface area contributed by atoms with Gasteiger partial charge in [0.15, 0.2) is 5.71 Å². The van der Waals surface area contributed by atoms with E-state index in [1.807, 2.05) is 13.8 Å². The zero-order valence-corrected chi connectivity index (χ0v) is 20.2. The third-order valence-corrected chi connectivity index (χ3v) is 5.73. The lowest BCUT2D eigenvalue weighted by molar-refractivity contribution is -0.155. The number of anilines is 1. The van der Waals surface area contributed by atoms with Gasteiger partial charge in [0.2, 0.25) is 6.41 Å². The van der Waals surface area contributed by atoms with Crippen molar-refractivity contribution in [2.45, 2.75) is 58.6 Å². The van der Waals surface area contributed by atoms with Crippen molar-refractivity contribution in [2.75, 3.05) is 32.0 Å². The fourth-order valence-corrected chi connectivity index (χ4v) is 3.97. The summed E-state index contributed by atoms with van der Waals surface area (Å²) in [6.07, 6.45) is 5.06. The van der Waals surface area contributed by atoms with Crippen LogP contribution in [0.3, 0.4) is 0 Å². The van der Waals surface area contributed by atoms with E-state index in [2.05, 4.69) is 15.7 Å². The van der Waals surface area contributed by atoms with Crippen LogP contribution in [0.4, 0.5) is 10.1 Å². The molecule has 2 fully saturated rings. The van der Waals surface area contributed by atoms with Gasteiger partial charge in [0.05, 0.1) is 24.5 Å². The lowest BCUT2D eigenvalue weighted by atomic mass is 9.81. The second kappa shape index (κ2) is 11.9. The van der Waals surface area contributed by atoms with E-state index in [0.717, 1.165) is 36.4 Å². The molecule has 1 atom stereocenters. The lowest BCUT2D eigenvalue weighted by Crippen LogP contribution is -2.72. The standard InChI is InChI=1S/C22H30FN5O3.C2H6/c1-4-17(25-18-9-8-15(2)11-16(18)23)20(26-27(3)14-29)21(30)28-12-22(31,13-28)19-7-5-6-10-24-19;1-2/h4,8-9,11,14,19,24-25,31H,5-7,10,12-13H2,1-3H3;1-2H3/b17-4+,26-20+;. The van der Waals surface area contributed by atoms with E-state index < -0.39 is 17.3 Å². The summed E-state index contributed by atoms with van der Waals surface area (Å²) in [4.78, 5) is 25.8. The number of piperidine rings is 1. The Bertz CT molecular complexity index is 890. The van der Waals surface area contributed by atoms with E-state index in [9.17, 15) is 19.1 Å². The zero-order valence-electron chi connectivity index (χ0n) is 20.2. The predicted octanol–water partition coefficient (Wildman–Crippen LogP) is 2.64. The summed E-state index contributed by atoms with van der Waals surface area (Å²) in [6, 6.07) is 4.67. The van der Waals surface area contributed by atoms with Crippen LogP contribution in [0.5, 0.6) is 0 Å². The average Bonchev–Trinajstić information content (AvgIpc) is 2.81. The van der Waals surface area contributed by atoms with Gasteiger partial charge in [-0.2, -0.15) is 5.10 Å². The molecule has 8 nitrogen and oxygen atoms in total. The van der Waals surface area contributed by atoms with Gasteiger partial charge in [-0.15, -0.1) is 0 Å². The number of nitrogens with zero attached hydrogens (tertiary/aromatic N) is 3. The number of carbonyl (C=O) groups excluding carboxylic acids is 2. The van der Waals surface area contributed by atoms with Crippen molar-refractivity contribution in [2.24, 2.45) is 5.10 Å². The maximum Gasteiger partial charge on any atom is 0.276 e. The third kappa shape index (κ3) is 6.39. The van der Waals surface area contributed by atoms with E-state index in [4.69, 9.17) is 0 Å². The van der Waals surface area contributed by atoms with E-state index in [-0.39, 0.29) is 36.2 Å². The molecule has 2 heterocycles. The molecular weight excluding hydrogens is 425 g/mol. The molecule has 0 aliphatic carbocycles. The summed E-state index contributed by atoms with van der Waals surface area (Å²) < 4.78 is 14.4. The van der Waals surface area contributed by atoms with Crippen LogP contribution in [0.2, 0.25) is 0 Å². The van der Waals surface area contributed by atoms with E-state index >= 15 is 0 Å². The minimum Gasteiger partial charge on any atom is -0.385 e. The van der Waals surface area contributed by atoms with E-state index in [1.54, 1.807) is 32.1 Å². The summed E-state index contributed by atoms with van der Waals surface area (Å²) in [5, 5.41) is 22.3. The van der Waals surface area contributed by atoms with Gasteiger partial charge in [-0.25, -0.2) is 9.40 Å². The Hall–Kier alpha value is -2.78. The first-order valence-electron chi connectivity index (χ1n) is 11.5. The van der Waals surface area contributed by atoms with Crippen LogP contribution < -0.4 is 10.6 Å². The molecule has 182 valence electrons. The average molecular weight is 462 g/mol. The van der Waals surface area contributed by atoms with Crippen molar-refractivity contribution >= 4 is 23.7 Å². The molecule has 0 saturated carbocycles. The molecule has 3 rings (SSSR count). The molecule has 0 radical (unpaired) electrons. The molecule has 3 N–H and O–H groups in total. The monoisotopic (exact) mass is 461 g/mol. The molecule has 0 bridgehead atoms. The molecule has 1 unspecified atom stereocenters. The van der Waals surface area contributed by atoms with Crippen molar-refractivity contribution in [3.63, 3.8) is 0 Å². The van der Waals surface area contributed by atoms with Gasteiger partial charge in [-0.3, -0.25) is 9.59 Å². The highest BCUT2D eigenvalue weighted by atomic mass is 19.1. The van der Waals surface area contributed by atoms with Crippen LogP contribution in [-0.2, 0) is 9.59 Å². The SMILES string of the molecule is C/C=C(Nc1ccc(C)cc1F)\C(=N/N(C)C=O)C(=O)N1CC(O)(C2CCCCN2)C1.CC. The number of aliphatic hydroxyl groups is 1. The van der Waals surface area contributed by atoms with Crippen molar-refractivity contribution in [3.05, 3.63) is 41.4 Å². The molecule has 0 spiro atoms. The molecular formula is C24H36FN5O3. The number of likely N-dealkylation sites (tertiary alicyclic amines) is 1. The minimum atomic E-state index is -0.982. The number of amides is 2. The maximum absolute atomic E-state index is 14.4. The molecule has 0 aromatic heterocycles. The second-order valence-electron chi connectivity index (χ2n) is 8.21. The van der Waals surface area contributed by atoms with Crippen LogP contribution in [0.1, 0.15) is 45.6 Å². The Kier molecular flexibility index (Phi) is 9.55.